The van der Waals surface area contributed by atoms with Crippen molar-refractivity contribution in [3.8, 4) is 0 Å². The maximum absolute atomic E-state index is 4.52. The van der Waals surface area contributed by atoms with Gasteiger partial charge in [0.05, 0.1) is 17.6 Å². The molecule has 0 fully saturated rings. The first kappa shape index (κ1) is 12.7. The van der Waals surface area contributed by atoms with Crippen molar-refractivity contribution < 1.29 is 0 Å². The van der Waals surface area contributed by atoms with E-state index in [1.807, 2.05) is 30.1 Å². The van der Waals surface area contributed by atoms with Gasteiger partial charge in [-0.15, -0.1) is 0 Å². The van der Waals surface area contributed by atoms with Gasteiger partial charge >= 0.3 is 0 Å². The van der Waals surface area contributed by atoms with E-state index in [-0.39, 0.29) is 0 Å². The minimum atomic E-state index is 0.389. The molecule has 0 aliphatic carbocycles. The summed E-state index contributed by atoms with van der Waals surface area (Å²) in [6.45, 7) is 7.07. The lowest BCUT2D eigenvalue weighted by molar-refractivity contribution is 0.529. The van der Waals surface area contributed by atoms with E-state index >= 15 is 0 Å². The minimum absolute atomic E-state index is 0.389. The van der Waals surface area contributed by atoms with E-state index in [4.69, 9.17) is 0 Å². The van der Waals surface area contributed by atoms with Crippen molar-refractivity contribution in [3.05, 3.63) is 42.0 Å². The predicted molar refractivity (Wildman–Crippen MR) is 80.8 cm³/mol. The summed E-state index contributed by atoms with van der Waals surface area (Å²) in [7, 11) is 0. The third kappa shape index (κ3) is 2.39. The number of aromatic amines is 1. The highest BCUT2D eigenvalue weighted by Crippen LogP contribution is 2.17. The van der Waals surface area contributed by atoms with Crippen LogP contribution < -0.4 is 5.32 Å². The highest BCUT2D eigenvalue weighted by Gasteiger charge is 2.07. The molecule has 20 heavy (non-hydrogen) atoms. The second-order valence-corrected chi connectivity index (χ2v) is 5.31. The van der Waals surface area contributed by atoms with Crippen LogP contribution in [0.25, 0.3) is 11.0 Å². The van der Waals surface area contributed by atoms with Crippen molar-refractivity contribution in [2.24, 2.45) is 0 Å². The number of anilines is 1. The Morgan fingerprint density at radius 1 is 1.40 bits per heavy atom. The normalized spacial score (nSPS) is 11.4. The topological polar surface area (TPSA) is 58.5 Å². The van der Waals surface area contributed by atoms with Gasteiger partial charge in [-0.25, -0.2) is 4.98 Å². The molecule has 0 atom stereocenters. The third-order valence-corrected chi connectivity index (χ3v) is 3.43. The fourth-order valence-corrected chi connectivity index (χ4v) is 2.19. The first-order valence-electron chi connectivity index (χ1n) is 6.85. The van der Waals surface area contributed by atoms with Crippen LogP contribution in [0.3, 0.4) is 0 Å². The number of fused-ring (bicyclic) bond motifs is 1. The molecule has 0 spiro atoms. The zero-order valence-electron chi connectivity index (χ0n) is 12.0. The van der Waals surface area contributed by atoms with E-state index in [2.05, 4.69) is 46.5 Å². The van der Waals surface area contributed by atoms with Gasteiger partial charge in [-0.05, 0) is 32.9 Å². The van der Waals surface area contributed by atoms with Crippen LogP contribution in [0.5, 0.6) is 0 Å². The van der Waals surface area contributed by atoms with E-state index in [1.54, 1.807) is 0 Å². The molecule has 0 unspecified atom stereocenters. The zero-order valence-corrected chi connectivity index (χ0v) is 12.0. The molecule has 0 aliphatic rings. The molecule has 5 nitrogen and oxygen atoms in total. The molecule has 0 saturated heterocycles. The fraction of sp³-hybridized carbons (Fsp3) is 0.333. The van der Waals surface area contributed by atoms with E-state index in [9.17, 15) is 0 Å². The van der Waals surface area contributed by atoms with Crippen LogP contribution in [0.1, 0.15) is 31.1 Å². The SMILES string of the molecule is Cc1nn(C(C)C)cc1CNc1cnc2[nH]ccc2c1. The van der Waals surface area contributed by atoms with Crippen molar-refractivity contribution in [2.45, 2.75) is 33.4 Å². The van der Waals surface area contributed by atoms with Gasteiger partial charge in [-0.1, -0.05) is 0 Å². The molecule has 3 aromatic rings. The second kappa shape index (κ2) is 5.00. The Hall–Kier alpha value is -2.30. The average Bonchev–Trinajstić information content (AvgIpc) is 3.02. The van der Waals surface area contributed by atoms with E-state index < -0.39 is 0 Å². The van der Waals surface area contributed by atoms with Crippen LogP contribution in [0.15, 0.2) is 30.7 Å². The van der Waals surface area contributed by atoms with Gasteiger partial charge < -0.3 is 10.3 Å². The molecule has 3 heterocycles. The summed E-state index contributed by atoms with van der Waals surface area (Å²) in [5.41, 5.74) is 4.22. The summed E-state index contributed by atoms with van der Waals surface area (Å²) in [6, 6.07) is 4.51. The van der Waals surface area contributed by atoms with Gasteiger partial charge in [0.1, 0.15) is 5.65 Å². The molecule has 0 saturated carbocycles. The minimum Gasteiger partial charge on any atom is -0.380 e. The summed E-state index contributed by atoms with van der Waals surface area (Å²) in [5, 5.41) is 9.04. The Morgan fingerprint density at radius 2 is 2.25 bits per heavy atom. The molecule has 3 aromatic heterocycles. The van der Waals surface area contributed by atoms with Crippen LogP contribution in [-0.4, -0.2) is 19.7 Å². The molecule has 0 aromatic carbocycles. The molecule has 0 amide bonds. The van der Waals surface area contributed by atoms with Gasteiger partial charge in [-0.3, -0.25) is 4.68 Å². The molecule has 5 heteroatoms. The number of aryl methyl sites for hydroxylation is 1. The first-order valence-corrected chi connectivity index (χ1v) is 6.85. The second-order valence-electron chi connectivity index (χ2n) is 5.31. The summed E-state index contributed by atoms with van der Waals surface area (Å²) in [6.07, 6.45) is 5.86. The van der Waals surface area contributed by atoms with Crippen LogP contribution in [0, 0.1) is 6.92 Å². The van der Waals surface area contributed by atoms with Crippen molar-refractivity contribution in [2.75, 3.05) is 5.32 Å². The lowest BCUT2D eigenvalue weighted by Gasteiger charge is -2.05. The maximum atomic E-state index is 4.52. The number of aromatic nitrogens is 4. The molecule has 2 N–H and O–H groups in total. The highest BCUT2D eigenvalue weighted by molar-refractivity contribution is 5.78. The summed E-state index contributed by atoms with van der Waals surface area (Å²) in [5.74, 6) is 0. The van der Waals surface area contributed by atoms with Gasteiger partial charge in [-0.2, -0.15) is 5.10 Å². The first-order chi connectivity index (χ1) is 9.63. The quantitative estimate of drug-likeness (QED) is 0.764. The van der Waals surface area contributed by atoms with Crippen LogP contribution in [0.4, 0.5) is 5.69 Å². The standard InChI is InChI=1S/C15H19N5/c1-10(2)20-9-13(11(3)19-20)7-17-14-6-12-4-5-16-15(12)18-8-14/h4-6,8-10,17H,7H2,1-3H3,(H,16,18). The lowest BCUT2D eigenvalue weighted by Crippen LogP contribution is -2.01. The zero-order chi connectivity index (χ0) is 14.1. The van der Waals surface area contributed by atoms with Gasteiger partial charge in [0.2, 0.25) is 0 Å². The summed E-state index contributed by atoms with van der Waals surface area (Å²) < 4.78 is 2.00. The molecular formula is C15H19N5. The third-order valence-electron chi connectivity index (χ3n) is 3.43. The monoisotopic (exact) mass is 269 g/mol. The Labute approximate surface area is 118 Å². The summed E-state index contributed by atoms with van der Waals surface area (Å²) in [4.78, 5) is 7.46. The van der Waals surface area contributed by atoms with E-state index in [0.29, 0.717) is 6.04 Å². The fourth-order valence-electron chi connectivity index (χ4n) is 2.19. The van der Waals surface area contributed by atoms with Crippen molar-refractivity contribution in [3.63, 3.8) is 0 Å². The Bertz CT molecular complexity index is 723. The van der Waals surface area contributed by atoms with Crippen molar-refractivity contribution >= 4 is 16.7 Å². The number of nitrogens with zero attached hydrogens (tertiary/aromatic N) is 3. The van der Waals surface area contributed by atoms with Gasteiger partial charge in [0.25, 0.3) is 0 Å². The van der Waals surface area contributed by atoms with Crippen LogP contribution in [0.2, 0.25) is 0 Å². The highest BCUT2D eigenvalue weighted by atomic mass is 15.3. The van der Waals surface area contributed by atoms with Gasteiger partial charge in [0, 0.05) is 35.9 Å². The number of nitrogens with one attached hydrogen (secondary N) is 2. The number of hydrogen-bond donors (Lipinski definition) is 2. The number of H-pyrrole nitrogens is 1. The molecule has 3 rings (SSSR count). The number of pyridine rings is 1. The molecule has 0 bridgehead atoms. The van der Waals surface area contributed by atoms with Gasteiger partial charge in [0.15, 0.2) is 0 Å². The van der Waals surface area contributed by atoms with Crippen LogP contribution in [-0.2, 0) is 6.54 Å². The number of rotatable bonds is 4. The van der Waals surface area contributed by atoms with Crippen molar-refractivity contribution in [1.29, 1.82) is 0 Å². The largest absolute Gasteiger partial charge is 0.380 e. The predicted octanol–water partition coefficient (Wildman–Crippen LogP) is 3.26. The molecule has 0 aliphatic heterocycles. The molecule has 104 valence electrons. The Kier molecular flexibility index (Phi) is 3.18. The Balaban J connectivity index is 1.75. The smallest absolute Gasteiger partial charge is 0.137 e. The Morgan fingerprint density at radius 3 is 3.00 bits per heavy atom. The van der Waals surface area contributed by atoms with E-state index in [0.717, 1.165) is 29.0 Å². The number of hydrogen-bond acceptors (Lipinski definition) is 3. The van der Waals surface area contributed by atoms with Crippen molar-refractivity contribution in [1.82, 2.24) is 19.7 Å². The van der Waals surface area contributed by atoms with Crippen LogP contribution >= 0.6 is 0 Å². The maximum Gasteiger partial charge on any atom is 0.137 e. The lowest BCUT2D eigenvalue weighted by atomic mass is 10.2. The van der Waals surface area contributed by atoms with E-state index in [1.165, 1.54) is 5.56 Å². The molecular weight excluding hydrogens is 250 g/mol. The summed E-state index contributed by atoms with van der Waals surface area (Å²) >= 11 is 0. The molecule has 0 radical (unpaired) electrons. The average molecular weight is 269 g/mol.